The minimum atomic E-state index is 0.232. The van der Waals surface area contributed by atoms with Crippen molar-refractivity contribution in [1.29, 1.82) is 0 Å². The van der Waals surface area contributed by atoms with Crippen molar-refractivity contribution in [2.75, 3.05) is 44.3 Å². The lowest BCUT2D eigenvalue weighted by molar-refractivity contribution is 0.0525. The first-order valence-corrected chi connectivity index (χ1v) is 11.9. The summed E-state index contributed by atoms with van der Waals surface area (Å²) in [5.74, 6) is 1.80. The van der Waals surface area contributed by atoms with Crippen molar-refractivity contribution in [3.63, 3.8) is 0 Å². The summed E-state index contributed by atoms with van der Waals surface area (Å²) in [5.41, 5.74) is 2.38. The highest BCUT2D eigenvalue weighted by molar-refractivity contribution is 7.18. The zero-order chi connectivity index (χ0) is 19.6. The molecule has 5 rings (SSSR count). The molecule has 2 atom stereocenters. The zero-order valence-electron chi connectivity index (χ0n) is 17.0. The Morgan fingerprint density at radius 1 is 0.966 bits per heavy atom. The number of nitrogens with zero attached hydrogens (tertiary/aromatic N) is 2. The van der Waals surface area contributed by atoms with Crippen LogP contribution in [0.15, 0.2) is 36.4 Å². The third-order valence-corrected chi connectivity index (χ3v) is 8.07. The number of carbonyl (C=O) groups is 1. The van der Waals surface area contributed by atoms with E-state index in [-0.39, 0.29) is 5.91 Å². The Bertz CT molecular complexity index is 844. The molecular weight excluding hydrogens is 380 g/mol. The number of hydrogen-bond donors (Lipinski definition) is 0. The van der Waals surface area contributed by atoms with Gasteiger partial charge in [0.1, 0.15) is 0 Å². The van der Waals surface area contributed by atoms with Crippen molar-refractivity contribution in [3.8, 4) is 11.1 Å². The highest BCUT2D eigenvalue weighted by Gasteiger charge is 2.34. The van der Waals surface area contributed by atoms with Gasteiger partial charge in [-0.2, -0.15) is 0 Å². The van der Waals surface area contributed by atoms with E-state index in [1.807, 2.05) is 6.07 Å². The average Bonchev–Trinajstić information content (AvgIpc) is 3.25. The summed E-state index contributed by atoms with van der Waals surface area (Å²) in [6, 6.07) is 12.6. The van der Waals surface area contributed by atoms with Crippen LogP contribution in [0.3, 0.4) is 0 Å². The molecule has 2 aliphatic heterocycles. The van der Waals surface area contributed by atoms with Crippen molar-refractivity contribution in [2.45, 2.75) is 32.1 Å². The molecule has 0 spiro atoms. The van der Waals surface area contributed by atoms with E-state index in [0.717, 1.165) is 50.2 Å². The fourth-order valence-corrected chi connectivity index (χ4v) is 6.45. The van der Waals surface area contributed by atoms with Crippen LogP contribution in [-0.4, -0.2) is 50.2 Å². The van der Waals surface area contributed by atoms with E-state index in [0.29, 0.717) is 5.92 Å². The van der Waals surface area contributed by atoms with Crippen LogP contribution < -0.4 is 4.90 Å². The number of hydrogen-bond acceptors (Lipinski definition) is 4. The van der Waals surface area contributed by atoms with Crippen molar-refractivity contribution in [3.05, 3.63) is 41.3 Å². The minimum absolute atomic E-state index is 0.232. The second kappa shape index (κ2) is 8.49. The first-order valence-electron chi connectivity index (χ1n) is 11.1. The first kappa shape index (κ1) is 19.1. The molecule has 1 amide bonds. The smallest absolute Gasteiger partial charge is 0.264 e. The lowest BCUT2D eigenvalue weighted by atomic mass is 9.75. The number of benzene rings is 1. The van der Waals surface area contributed by atoms with E-state index < -0.39 is 0 Å². The predicted molar refractivity (Wildman–Crippen MR) is 119 cm³/mol. The van der Waals surface area contributed by atoms with Gasteiger partial charge in [0.25, 0.3) is 5.91 Å². The Balaban J connectivity index is 1.42. The molecule has 1 aromatic heterocycles. The van der Waals surface area contributed by atoms with Gasteiger partial charge in [-0.3, -0.25) is 4.79 Å². The third kappa shape index (κ3) is 3.95. The van der Waals surface area contributed by atoms with E-state index >= 15 is 0 Å². The number of thiophene rings is 1. The summed E-state index contributed by atoms with van der Waals surface area (Å²) in [6.07, 6.45) is 6.56. The predicted octanol–water partition coefficient (Wildman–Crippen LogP) is 4.90. The van der Waals surface area contributed by atoms with Crippen LogP contribution >= 0.6 is 11.3 Å². The van der Waals surface area contributed by atoms with Gasteiger partial charge in [0.2, 0.25) is 0 Å². The maximum atomic E-state index is 13.4. The quantitative estimate of drug-likeness (QED) is 0.721. The molecule has 1 aliphatic carbocycles. The monoisotopic (exact) mass is 410 g/mol. The van der Waals surface area contributed by atoms with Gasteiger partial charge in [-0.05, 0) is 36.3 Å². The SMILES string of the molecule is O=C(c1cc(-c2ccccc2)c(N2CCOCC2)s1)N1CCC2CCCCC2C1. The Labute approximate surface area is 177 Å². The highest BCUT2D eigenvalue weighted by Crippen LogP contribution is 2.41. The number of amides is 1. The molecule has 1 saturated carbocycles. The fourth-order valence-electron chi connectivity index (χ4n) is 5.25. The molecule has 2 aromatic rings. The van der Waals surface area contributed by atoms with Crippen molar-refractivity contribution in [2.24, 2.45) is 11.8 Å². The maximum absolute atomic E-state index is 13.4. The number of anilines is 1. The third-order valence-electron chi connectivity index (χ3n) is 6.88. The number of piperidine rings is 1. The molecule has 3 fully saturated rings. The summed E-state index contributed by atoms with van der Waals surface area (Å²) in [7, 11) is 0. The number of rotatable bonds is 3. The van der Waals surface area contributed by atoms with Gasteiger partial charge in [0, 0.05) is 31.7 Å². The van der Waals surface area contributed by atoms with Crippen molar-refractivity contribution >= 4 is 22.2 Å². The van der Waals surface area contributed by atoms with Crippen LogP contribution in [0, 0.1) is 11.8 Å². The standard InChI is InChI=1S/C24H30N2O2S/c27-23(26-11-10-18-6-4-5-9-20(18)17-26)22-16-21(19-7-2-1-3-8-19)24(29-22)25-12-14-28-15-13-25/h1-3,7-8,16,18,20H,4-6,9-15,17H2. The van der Waals surface area contributed by atoms with Gasteiger partial charge in [0.15, 0.2) is 0 Å². The second-order valence-corrected chi connectivity index (χ2v) is 9.67. The number of fused-ring (bicyclic) bond motifs is 1. The molecule has 0 radical (unpaired) electrons. The molecule has 1 aromatic carbocycles. The Hall–Kier alpha value is -1.85. The molecule has 3 aliphatic rings. The van der Waals surface area contributed by atoms with Gasteiger partial charge >= 0.3 is 0 Å². The van der Waals surface area contributed by atoms with E-state index in [2.05, 4.69) is 40.1 Å². The number of carbonyl (C=O) groups excluding carboxylic acids is 1. The normalized spacial score (nSPS) is 25.0. The summed E-state index contributed by atoms with van der Waals surface area (Å²) >= 11 is 1.67. The summed E-state index contributed by atoms with van der Waals surface area (Å²) in [5, 5.41) is 1.22. The fraction of sp³-hybridized carbons (Fsp3) is 0.542. The lowest BCUT2D eigenvalue weighted by Crippen LogP contribution is -2.44. The molecule has 5 heteroatoms. The average molecular weight is 411 g/mol. The molecule has 0 N–H and O–H groups in total. The second-order valence-electron chi connectivity index (χ2n) is 8.64. The number of morpholine rings is 1. The van der Waals surface area contributed by atoms with Crippen molar-refractivity contribution < 1.29 is 9.53 Å². The van der Waals surface area contributed by atoms with Crippen LogP contribution in [0.1, 0.15) is 41.8 Å². The molecule has 29 heavy (non-hydrogen) atoms. The van der Waals surface area contributed by atoms with Crippen LogP contribution in [0.4, 0.5) is 5.00 Å². The van der Waals surface area contributed by atoms with Crippen LogP contribution in [-0.2, 0) is 4.74 Å². The number of ether oxygens (including phenoxy) is 1. The van der Waals surface area contributed by atoms with E-state index in [1.165, 1.54) is 48.2 Å². The van der Waals surface area contributed by atoms with Gasteiger partial charge in [0.05, 0.1) is 23.1 Å². The van der Waals surface area contributed by atoms with E-state index in [9.17, 15) is 4.79 Å². The molecule has 3 heterocycles. The Morgan fingerprint density at radius 3 is 2.52 bits per heavy atom. The van der Waals surface area contributed by atoms with Crippen LogP contribution in [0.25, 0.3) is 11.1 Å². The summed E-state index contributed by atoms with van der Waals surface area (Å²) in [4.78, 5) is 18.9. The maximum Gasteiger partial charge on any atom is 0.264 e. The van der Waals surface area contributed by atoms with Crippen molar-refractivity contribution in [1.82, 2.24) is 4.90 Å². The Morgan fingerprint density at radius 2 is 1.72 bits per heavy atom. The summed E-state index contributed by atoms with van der Waals surface area (Å²) < 4.78 is 5.55. The first-order chi connectivity index (χ1) is 14.3. The Kier molecular flexibility index (Phi) is 5.60. The molecule has 2 saturated heterocycles. The van der Waals surface area contributed by atoms with Crippen LogP contribution in [0.5, 0.6) is 0 Å². The van der Waals surface area contributed by atoms with Gasteiger partial charge in [-0.15, -0.1) is 11.3 Å². The van der Waals surface area contributed by atoms with Crippen LogP contribution in [0.2, 0.25) is 0 Å². The summed E-state index contributed by atoms with van der Waals surface area (Å²) in [6.45, 7) is 5.17. The van der Waals surface area contributed by atoms with E-state index in [4.69, 9.17) is 4.74 Å². The molecule has 154 valence electrons. The molecule has 0 bridgehead atoms. The minimum Gasteiger partial charge on any atom is -0.378 e. The van der Waals surface area contributed by atoms with Gasteiger partial charge in [-0.1, -0.05) is 49.6 Å². The largest absolute Gasteiger partial charge is 0.378 e. The lowest BCUT2D eigenvalue weighted by Gasteiger charge is -2.41. The highest BCUT2D eigenvalue weighted by atomic mass is 32.1. The topological polar surface area (TPSA) is 32.8 Å². The van der Waals surface area contributed by atoms with Gasteiger partial charge < -0.3 is 14.5 Å². The zero-order valence-corrected chi connectivity index (χ0v) is 17.8. The molecule has 4 nitrogen and oxygen atoms in total. The molecule has 2 unspecified atom stereocenters. The molecular formula is C24H30N2O2S. The van der Waals surface area contributed by atoms with Gasteiger partial charge in [-0.25, -0.2) is 0 Å². The number of likely N-dealkylation sites (tertiary alicyclic amines) is 1. The van der Waals surface area contributed by atoms with E-state index in [1.54, 1.807) is 11.3 Å².